The summed E-state index contributed by atoms with van der Waals surface area (Å²) in [5.41, 5.74) is 2.39. The molecule has 86 valence electrons. The second-order valence-electron chi connectivity index (χ2n) is 3.82. The molecule has 0 fully saturated rings. The third-order valence-electron chi connectivity index (χ3n) is 2.61. The number of hydrogen-bond acceptors (Lipinski definition) is 3. The van der Waals surface area contributed by atoms with Crippen molar-refractivity contribution in [1.29, 1.82) is 0 Å². The zero-order valence-electron chi connectivity index (χ0n) is 9.94. The number of hydrogen-bond donors (Lipinski definition) is 1. The molecule has 0 aromatic carbocycles. The predicted octanol–water partition coefficient (Wildman–Crippen LogP) is 1.33. The van der Waals surface area contributed by atoms with Crippen LogP contribution in [0.4, 0.5) is 5.82 Å². The van der Waals surface area contributed by atoms with E-state index in [2.05, 4.69) is 28.6 Å². The van der Waals surface area contributed by atoms with Crippen molar-refractivity contribution in [3.05, 3.63) is 29.7 Å². The molecule has 2 heterocycles. The van der Waals surface area contributed by atoms with Crippen LogP contribution in [0.15, 0.2) is 18.5 Å². The zero-order valence-corrected chi connectivity index (χ0v) is 9.94. The first-order valence-electron chi connectivity index (χ1n) is 5.44. The fourth-order valence-electron chi connectivity index (χ4n) is 1.76. The molecular weight excluding hydrogens is 202 g/mol. The average molecular weight is 219 g/mol. The van der Waals surface area contributed by atoms with E-state index in [1.807, 2.05) is 29.5 Å². The summed E-state index contributed by atoms with van der Waals surface area (Å²) in [6.45, 7) is 2.91. The van der Waals surface area contributed by atoms with E-state index in [1.165, 1.54) is 5.56 Å². The van der Waals surface area contributed by atoms with E-state index >= 15 is 0 Å². The standard InChI is InChI=1S/C11H17N5/c1-4-10-9(8-15(2)14-10)7-12-11-5-6-13-16(11)3/h5-6,8,12H,4,7H2,1-3H3. The summed E-state index contributed by atoms with van der Waals surface area (Å²) in [7, 11) is 3.87. The first kappa shape index (κ1) is 10.7. The predicted molar refractivity (Wildman–Crippen MR) is 63.1 cm³/mol. The monoisotopic (exact) mass is 219 g/mol. The third kappa shape index (κ3) is 2.08. The Morgan fingerprint density at radius 3 is 2.81 bits per heavy atom. The van der Waals surface area contributed by atoms with Gasteiger partial charge in [0.1, 0.15) is 5.82 Å². The molecule has 0 atom stereocenters. The van der Waals surface area contributed by atoms with Gasteiger partial charge >= 0.3 is 0 Å². The van der Waals surface area contributed by atoms with E-state index in [9.17, 15) is 0 Å². The van der Waals surface area contributed by atoms with E-state index in [0.29, 0.717) is 0 Å². The van der Waals surface area contributed by atoms with Crippen molar-refractivity contribution in [3.8, 4) is 0 Å². The Hall–Kier alpha value is -1.78. The molecule has 2 rings (SSSR count). The lowest BCUT2D eigenvalue weighted by Gasteiger charge is -2.05. The minimum Gasteiger partial charge on any atom is -0.366 e. The highest BCUT2D eigenvalue weighted by Gasteiger charge is 2.06. The minimum atomic E-state index is 0.788. The molecule has 2 aromatic heterocycles. The lowest BCUT2D eigenvalue weighted by Crippen LogP contribution is -2.05. The van der Waals surface area contributed by atoms with Gasteiger partial charge in [0, 0.05) is 38.5 Å². The van der Waals surface area contributed by atoms with Gasteiger partial charge in [0.25, 0.3) is 0 Å². The summed E-state index contributed by atoms with van der Waals surface area (Å²) in [5, 5.41) is 11.9. The fourth-order valence-corrected chi connectivity index (χ4v) is 1.76. The molecule has 5 nitrogen and oxygen atoms in total. The topological polar surface area (TPSA) is 47.7 Å². The molecule has 5 heteroatoms. The van der Waals surface area contributed by atoms with Gasteiger partial charge in [-0.15, -0.1) is 0 Å². The summed E-state index contributed by atoms with van der Waals surface area (Å²) in [6.07, 6.45) is 4.80. The molecule has 0 aliphatic rings. The van der Waals surface area contributed by atoms with E-state index in [-0.39, 0.29) is 0 Å². The van der Waals surface area contributed by atoms with Gasteiger partial charge in [-0.1, -0.05) is 6.92 Å². The van der Waals surface area contributed by atoms with Crippen LogP contribution < -0.4 is 5.32 Å². The Balaban J connectivity index is 2.07. The number of aromatic nitrogens is 4. The number of nitrogens with one attached hydrogen (secondary N) is 1. The summed E-state index contributed by atoms with van der Waals surface area (Å²) in [4.78, 5) is 0. The van der Waals surface area contributed by atoms with Gasteiger partial charge in [0.05, 0.1) is 11.9 Å². The van der Waals surface area contributed by atoms with Crippen LogP contribution in [0.3, 0.4) is 0 Å². The number of anilines is 1. The first-order chi connectivity index (χ1) is 7.70. The van der Waals surface area contributed by atoms with Crippen LogP contribution in [0, 0.1) is 0 Å². The van der Waals surface area contributed by atoms with Gasteiger partial charge in [-0.25, -0.2) is 0 Å². The first-order valence-corrected chi connectivity index (χ1v) is 5.44. The molecule has 0 bridgehead atoms. The molecule has 0 unspecified atom stereocenters. The van der Waals surface area contributed by atoms with E-state index < -0.39 is 0 Å². The Bertz CT molecular complexity index is 468. The lowest BCUT2D eigenvalue weighted by molar-refractivity contribution is 0.746. The van der Waals surface area contributed by atoms with Crippen LogP contribution >= 0.6 is 0 Å². The van der Waals surface area contributed by atoms with Crippen LogP contribution in [-0.4, -0.2) is 19.6 Å². The molecule has 1 N–H and O–H groups in total. The van der Waals surface area contributed by atoms with Gasteiger partial charge < -0.3 is 5.32 Å². The number of rotatable bonds is 4. The van der Waals surface area contributed by atoms with Gasteiger partial charge in [-0.3, -0.25) is 9.36 Å². The molecule has 0 saturated carbocycles. The van der Waals surface area contributed by atoms with Crippen molar-refractivity contribution in [2.45, 2.75) is 19.9 Å². The van der Waals surface area contributed by atoms with Crippen molar-refractivity contribution >= 4 is 5.82 Å². The smallest absolute Gasteiger partial charge is 0.124 e. The highest BCUT2D eigenvalue weighted by Crippen LogP contribution is 2.11. The Labute approximate surface area is 95.1 Å². The maximum absolute atomic E-state index is 4.41. The van der Waals surface area contributed by atoms with Crippen molar-refractivity contribution in [1.82, 2.24) is 19.6 Å². The largest absolute Gasteiger partial charge is 0.366 e. The normalized spacial score (nSPS) is 10.7. The second-order valence-corrected chi connectivity index (χ2v) is 3.82. The van der Waals surface area contributed by atoms with Gasteiger partial charge in [0.2, 0.25) is 0 Å². The molecule has 0 spiro atoms. The van der Waals surface area contributed by atoms with E-state index in [1.54, 1.807) is 6.20 Å². The fraction of sp³-hybridized carbons (Fsp3) is 0.455. The second kappa shape index (κ2) is 4.38. The SMILES string of the molecule is CCc1nn(C)cc1CNc1ccnn1C. The van der Waals surface area contributed by atoms with Crippen LogP contribution in [0.1, 0.15) is 18.2 Å². The molecule has 16 heavy (non-hydrogen) atoms. The Morgan fingerprint density at radius 1 is 1.38 bits per heavy atom. The third-order valence-corrected chi connectivity index (χ3v) is 2.61. The summed E-state index contributed by atoms with van der Waals surface area (Å²) >= 11 is 0. The minimum absolute atomic E-state index is 0.788. The van der Waals surface area contributed by atoms with Crippen LogP contribution in [0.25, 0.3) is 0 Å². The van der Waals surface area contributed by atoms with Crippen LogP contribution in [0.5, 0.6) is 0 Å². The Kier molecular flexibility index (Phi) is 2.94. The number of nitrogens with zero attached hydrogens (tertiary/aromatic N) is 4. The quantitative estimate of drug-likeness (QED) is 0.844. The van der Waals surface area contributed by atoms with Gasteiger partial charge in [-0.05, 0) is 6.42 Å². The summed E-state index contributed by atoms with van der Waals surface area (Å²) in [6, 6.07) is 1.96. The highest BCUT2D eigenvalue weighted by atomic mass is 15.3. The molecule has 0 aliphatic carbocycles. The maximum Gasteiger partial charge on any atom is 0.124 e. The number of aryl methyl sites for hydroxylation is 3. The molecule has 0 saturated heterocycles. The van der Waals surface area contributed by atoms with E-state index in [4.69, 9.17) is 0 Å². The molecule has 0 aliphatic heterocycles. The zero-order chi connectivity index (χ0) is 11.5. The highest BCUT2D eigenvalue weighted by molar-refractivity contribution is 5.35. The maximum atomic E-state index is 4.41. The van der Waals surface area contributed by atoms with Gasteiger partial charge in [0.15, 0.2) is 0 Å². The molecule has 0 radical (unpaired) electrons. The molecule has 0 amide bonds. The average Bonchev–Trinajstić information content (AvgIpc) is 2.81. The van der Waals surface area contributed by atoms with E-state index in [0.717, 1.165) is 24.5 Å². The van der Waals surface area contributed by atoms with Crippen molar-refractivity contribution < 1.29 is 0 Å². The van der Waals surface area contributed by atoms with Gasteiger partial charge in [-0.2, -0.15) is 10.2 Å². The summed E-state index contributed by atoms with van der Waals surface area (Å²) < 4.78 is 3.68. The van der Waals surface area contributed by atoms with Crippen molar-refractivity contribution in [2.75, 3.05) is 5.32 Å². The summed E-state index contributed by atoms with van der Waals surface area (Å²) in [5.74, 6) is 1.02. The molecular formula is C11H17N5. The van der Waals surface area contributed by atoms with Crippen molar-refractivity contribution in [3.63, 3.8) is 0 Å². The van der Waals surface area contributed by atoms with Crippen LogP contribution in [0.2, 0.25) is 0 Å². The Morgan fingerprint density at radius 2 is 2.19 bits per heavy atom. The van der Waals surface area contributed by atoms with Crippen molar-refractivity contribution in [2.24, 2.45) is 14.1 Å². The molecule has 2 aromatic rings. The van der Waals surface area contributed by atoms with Crippen LogP contribution in [-0.2, 0) is 27.1 Å². The lowest BCUT2D eigenvalue weighted by atomic mass is 10.2.